The number of aryl methyl sites for hydroxylation is 1. The summed E-state index contributed by atoms with van der Waals surface area (Å²) in [5, 5.41) is 20.5. The van der Waals surface area contributed by atoms with E-state index >= 15 is 0 Å². The Morgan fingerprint density at radius 1 is 1.23 bits per heavy atom. The SMILES string of the molecule is Cc1nc(SCC2=C(C(=O)OC(C)C)[C@H](c3ccccc3Cl)C(C#N)=C(N)O2)c(C#N)c(C)c1C. The molecule has 180 valence electrons. The van der Waals surface area contributed by atoms with Crippen LogP contribution < -0.4 is 5.73 Å². The predicted octanol–water partition coefficient (Wildman–Crippen LogP) is 5.34. The third-order valence-electron chi connectivity index (χ3n) is 5.69. The Morgan fingerprint density at radius 2 is 1.91 bits per heavy atom. The van der Waals surface area contributed by atoms with E-state index in [9.17, 15) is 15.3 Å². The fourth-order valence-electron chi connectivity index (χ4n) is 3.73. The number of hydrogen-bond acceptors (Lipinski definition) is 8. The second-order valence-corrected chi connectivity index (χ2v) is 9.64. The third kappa shape index (κ3) is 5.30. The molecule has 35 heavy (non-hydrogen) atoms. The molecule has 0 fully saturated rings. The molecule has 0 radical (unpaired) electrons. The van der Waals surface area contributed by atoms with E-state index in [1.807, 2.05) is 20.8 Å². The monoisotopic (exact) mass is 508 g/mol. The Hall–Kier alpha value is -3.46. The average Bonchev–Trinajstić information content (AvgIpc) is 2.80. The number of pyridine rings is 1. The van der Waals surface area contributed by atoms with Gasteiger partial charge in [-0.2, -0.15) is 10.5 Å². The highest BCUT2D eigenvalue weighted by Crippen LogP contribution is 2.43. The molecule has 2 N–H and O–H groups in total. The van der Waals surface area contributed by atoms with E-state index in [1.54, 1.807) is 38.1 Å². The topological polar surface area (TPSA) is 122 Å². The van der Waals surface area contributed by atoms with Crippen LogP contribution in [0.25, 0.3) is 0 Å². The largest absolute Gasteiger partial charge is 0.459 e. The number of esters is 1. The lowest BCUT2D eigenvalue weighted by atomic mass is 9.83. The van der Waals surface area contributed by atoms with Crippen LogP contribution >= 0.6 is 23.4 Å². The molecule has 1 aliphatic rings. The van der Waals surface area contributed by atoms with Crippen molar-refractivity contribution in [2.45, 2.75) is 51.7 Å². The van der Waals surface area contributed by atoms with Crippen LogP contribution in [-0.2, 0) is 14.3 Å². The number of nitriles is 2. The minimum absolute atomic E-state index is 0.0698. The lowest BCUT2D eigenvalue weighted by molar-refractivity contribution is -0.143. The number of rotatable bonds is 6. The number of halogens is 1. The van der Waals surface area contributed by atoms with Gasteiger partial charge in [0.2, 0.25) is 5.88 Å². The van der Waals surface area contributed by atoms with Gasteiger partial charge in [0.05, 0.1) is 28.9 Å². The van der Waals surface area contributed by atoms with Gasteiger partial charge in [-0.05, 0) is 57.4 Å². The number of carbonyl (C=O) groups excluding carboxylic acids is 1. The molecule has 0 amide bonds. The van der Waals surface area contributed by atoms with Gasteiger partial charge in [0.25, 0.3) is 0 Å². The number of carbonyl (C=O) groups is 1. The maximum Gasteiger partial charge on any atom is 0.338 e. The van der Waals surface area contributed by atoms with E-state index in [0.717, 1.165) is 16.8 Å². The Bertz CT molecular complexity index is 1340. The molecule has 7 nitrogen and oxygen atoms in total. The molecule has 2 heterocycles. The number of hydrogen-bond donors (Lipinski definition) is 1. The molecule has 3 rings (SSSR count). The summed E-state index contributed by atoms with van der Waals surface area (Å²) < 4.78 is 11.3. The summed E-state index contributed by atoms with van der Waals surface area (Å²) in [6, 6.07) is 11.2. The Balaban J connectivity index is 2.16. The van der Waals surface area contributed by atoms with Crippen LogP contribution in [0.4, 0.5) is 0 Å². The molecule has 1 aromatic heterocycles. The van der Waals surface area contributed by atoms with Crippen LogP contribution in [-0.4, -0.2) is 22.8 Å². The number of thioether (sulfide) groups is 1. The zero-order chi connectivity index (χ0) is 25.9. The lowest BCUT2D eigenvalue weighted by Gasteiger charge is -2.29. The van der Waals surface area contributed by atoms with Crippen LogP contribution in [0.3, 0.4) is 0 Å². The number of nitrogens with zero attached hydrogens (tertiary/aromatic N) is 3. The van der Waals surface area contributed by atoms with Crippen molar-refractivity contribution in [3.8, 4) is 12.1 Å². The first-order chi connectivity index (χ1) is 16.6. The van der Waals surface area contributed by atoms with E-state index in [-0.39, 0.29) is 28.5 Å². The lowest BCUT2D eigenvalue weighted by Crippen LogP contribution is -2.28. The van der Waals surface area contributed by atoms with E-state index in [0.29, 0.717) is 21.2 Å². The molecule has 1 atom stereocenters. The van der Waals surface area contributed by atoms with Crippen molar-refractivity contribution < 1.29 is 14.3 Å². The zero-order valence-electron chi connectivity index (χ0n) is 20.1. The van der Waals surface area contributed by atoms with Crippen LogP contribution in [0, 0.1) is 43.4 Å². The summed E-state index contributed by atoms with van der Waals surface area (Å²) in [7, 11) is 0. The van der Waals surface area contributed by atoms with Gasteiger partial charge in [0.1, 0.15) is 28.5 Å². The normalized spacial score (nSPS) is 15.5. The quantitative estimate of drug-likeness (QED) is 0.410. The molecule has 9 heteroatoms. The summed E-state index contributed by atoms with van der Waals surface area (Å²) in [4.78, 5) is 17.9. The highest BCUT2D eigenvalue weighted by atomic mass is 35.5. The number of nitrogens with two attached hydrogens (primary N) is 1. The van der Waals surface area contributed by atoms with Crippen LogP contribution in [0.1, 0.15) is 47.7 Å². The molecule has 0 aliphatic carbocycles. The number of benzene rings is 1. The van der Waals surface area contributed by atoms with E-state index in [2.05, 4.69) is 17.1 Å². The highest BCUT2D eigenvalue weighted by Gasteiger charge is 2.39. The number of aromatic nitrogens is 1. The van der Waals surface area contributed by atoms with Crippen molar-refractivity contribution >= 4 is 29.3 Å². The summed E-state index contributed by atoms with van der Waals surface area (Å²) >= 11 is 7.72. The summed E-state index contributed by atoms with van der Waals surface area (Å²) in [5.74, 6) is -1.26. The average molecular weight is 509 g/mol. The molecule has 2 aromatic rings. The first-order valence-corrected chi connectivity index (χ1v) is 12.2. The van der Waals surface area contributed by atoms with Crippen molar-refractivity contribution in [2.75, 3.05) is 5.75 Å². The number of allylic oxidation sites excluding steroid dienone is 1. The van der Waals surface area contributed by atoms with Gasteiger partial charge < -0.3 is 15.2 Å². The molecule has 1 aromatic carbocycles. The first kappa shape index (κ1) is 26.2. The smallest absolute Gasteiger partial charge is 0.338 e. The van der Waals surface area contributed by atoms with Gasteiger partial charge in [-0.1, -0.05) is 41.6 Å². The van der Waals surface area contributed by atoms with Gasteiger partial charge >= 0.3 is 5.97 Å². The standard InChI is InChI=1S/C26H25ClN4O3S/c1-13(2)33-26(32)23-21(12-35-25-18(10-28)15(4)14(3)16(5)31-25)34-24(30)19(11-29)22(23)17-8-6-7-9-20(17)27/h6-9,13,22H,12,30H2,1-5H3/t22-/m1/s1. The summed E-state index contributed by atoms with van der Waals surface area (Å²) in [6.07, 6.45) is -0.404. The Morgan fingerprint density at radius 3 is 2.51 bits per heavy atom. The summed E-state index contributed by atoms with van der Waals surface area (Å²) in [5.41, 5.74) is 9.96. The molecular formula is C26H25ClN4O3S. The van der Waals surface area contributed by atoms with Crippen molar-refractivity contribution in [1.29, 1.82) is 10.5 Å². The fourth-order valence-corrected chi connectivity index (χ4v) is 5.00. The molecular weight excluding hydrogens is 484 g/mol. The third-order valence-corrected chi connectivity index (χ3v) is 7.01. The second-order valence-electron chi connectivity index (χ2n) is 8.27. The van der Waals surface area contributed by atoms with E-state index in [4.69, 9.17) is 26.8 Å². The van der Waals surface area contributed by atoms with Crippen LogP contribution in [0.5, 0.6) is 0 Å². The Kier molecular flexibility index (Phi) is 8.11. The van der Waals surface area contributed by atoms with Gasteiger partial charge in [-0.25, -0.2) is 9.78 Å². The van der Waals surface area contributed by atoms with E-state index in [1.165, 1.54) is 11.8 Å². The Labute approximate surface area is 214 Å². The van der Waals surface area contributed by atoms with E-state index < -0.39 is 18.0 Å². The molecule has 0 bridgehead atoms. The maximum absolute atomic E-state index is 13.3. The van der Waals surface area contributed by atoms with Gasteiger partial charge in [0.15, 0.2) is 0 Å². The van der Waals surface area contributed by atoms with Crippen LogP contribution in [0.15, 0.2) is 52.1 Å². The van der Waals surface area contributed by atoms with Crippen molar-refractivity contribution in [1.82, 2.24) is 4.98 Å². The van der Waals surface area contributed by atoms with Gasteiger partial charge in [0, 0.05) is 10.7 Å². The second kappa shape index (κ2) is 10.9. The summed E-state index contributed by atoms with van der Waals surface area (Å²) in [6.45, 7) is 9.14. The molecule has 1 aliphatic heterocycles. The molecule has 0 saturated heterocycles. The molecule has 0 spiro atoms. The maximum atomic E-state index is 13.3. The van der Waals surface area contributed by atoms with Crippen molar-refractivity contribution in [3.63, 3.8) is 0 Å². The van der Waals surface area contributed by atoms with Crippen molar-refractivity contribution in [3.05, 3.63) is 80.0 Å². The fraction of sp³-hybridized carbons (Fsp3) is 0.308. The molecule has 0 unspecified atom stereocenters. The minimum Gasteiger partial charge on any atom is -0.459 e. The molecule has 0 saturated carbocycles. The van der Waals surface area contributed by atoms with Gasteiger partial charge in [-0.15, -0.1) is 0 Å². The van der Waals surface area contributed by atoms with Crippen LogP contribution in [0.2, 0.25) is 5.02 Å². The van der Waals surface area contributed by atoms with Crippen molar-refractivity contribution in [2.24, 2.45) is 5.73 Å². The minimum atomic E-state index is -0.866. The highest BCUT2D eigenvalue weighted by molar-refractivity contribution is 7.99. The zero-order valence-corrected chi connectivity index (χ0v) is 21.7. The van der Waals surface area contributed by atoms with Gasteiger partial charge in [-0.3, -0.25) is 0 Å². The predicted molar refractivity (Wildman–Crippen MR) is 134 cm³/mol. The number of ether oxygens (including phenoxy) is 2. The first-order valence-electron chi connectivity index (χ1n) is 10.9.